The highest BCUT2D eigenvalue weighted by Gasteiger charge is 2.08. The molecule has 1 nitrogen and oxygen atoms in total. The van der Waals surface area contributed by atoms with E-state index < -0.39 is 0 Å². The minimum Gasteiger partial charge on any atom is -0.314 e. The Morgan fingerprint density at radius 1 is 1.25 bits per heavy atom. The molecule has 3 heteroatoms. The van der Waals surface area contributed by atoms with Crippen LogP contribution in [0.4, 0.5) is 8.78 Å². The highest BCUT2D eigenvalue weighted by atomic mass is 19.1. The minimum atomic E-state index is -0.368. The second kappa shape index (κ2) is 6.59. The number of hydrogen-bond acceptors (Lipinski definition) is 1. The summed E-state index contributed by atoms with van der Waals surface area (Å²) in [6, 6.07) is 4.01. The van der Waals surface area contributed by atoms with Crippen molar-refractivity contribution in [1.29, 1.82) is 0 Å². The van der Waals surface area contributed by atoms with Crippen molar-refractivity contribution < 1.29 is 8.78 Å². The molecule has 0 amide bonds. The molecule has 0 fully saturated rings. The molecule has 0 aliphatic heterocycles. The lowest BCUT2D eigenvalue weighted by atomic mass is 10.0. The highest BCUT2D eigenvalue weighted by Crippen LogP contribution is 2.13. The lowest BCUT2D eigenvalue weighted by Gasteiger charge is -2.15. The van der Waals surface area contributed by atoms with Crippen molar-refractivity contribution in [2.24, 2.45) is 0 Å². The van der Waals surface area contributed by atoms with E-state index in [9.17, 15) is 8.78 Å². The molecule has 90 valence electrons. The van der Waals surface area contributed by atoms with Gasteiger partial charge in [-0.15, -0.1) is 0 Å². The van der Waals surface area contributed by atoms with Gasteiger partial charge in [-0.25, -0.2) is 8.78 Å². The zero-order valence-corrected chi connectivity index (χ0v) is 9.89. The van der Waals surface area contributed by atoms with E-state index in [1.807, 2.05) is 6.92 Å². The summed E-state index contributed by atoms with van der Waals surface area (Å²) in [7, 11) is 0. The molecule has 0 saturated heterocycles. The zero-order valence-electron chi connectivity index (χ0n) is 9.89. The first-order chi connectivity index (χ1) is 7.67. The molecule has 0 heterocycles. The maximum Gasteiger partial charge on any atom is 0.126 e. The summed E-state index contributed by atoms with van der Waals surface area (Å²) in [6.07, 6.45) is 2.42. The first-order valence-electron chi connectivity index (χ1n) is 5.84. The van der Waals surface area contributed by atoms with Gasteiger partial charge < -0.3 is 5.32 Å². The monoisotopic (exact) mass is 227 g/mol. The molecule has 0 aromatic heterocycles. The molecule has 0 bridgehead atoms. The van der Waals surface area contributed by atoms with Crippen molar-refractivity contribution in [3.05, 3.63) is 35.4 Å². The van der Waals surface area contributed by atoms with Gasteiger partial charge in [-0.05, 0) is 49.6 Å². The van der Waals surface area contributed by atoms with Crippen LogP contribution in [0, 0.1) is 11.6 Å². The molecule has 0 radical (unpaired) electrons. The van der Waals surface area contributed by atoms with Crippen molar-refractivity contribution in [1.82, 2.24) is 5.32 Å². The van der Waals surface area contributed by atoms with Gasteiger partial charge in [-0.3, -0.25) is 0 Å². The Bertz CT molecular complexity index is 326. The predicted molar refractivity (Wildman–Crippen MR) is 62.4 cm³/mol. The van der Waals surface area contributed by atoms with Gasteiger partial charge in [0, 0.05) is 6.04 Å². The Morgan fingerprint density at radius 3 is 2.62 bits per heavy atom. The van der Waals surface area contributed by atoms with Crippen LogP contribution in [-0.2, 0) is 6.42 Å². The fourth-order valence-corrected chi connectivity index (χ4v) is 1.80. The van der Waals surface area contributed by atoms with E-state index in [2.05, 4.69) is 12.2 Å². The molecule has 1 aromatic rings. The molecule has 1 aromatic carbocycles. The predicted octanol–water partition coefficient (Wildman–Crippen LogP) is 3.29. The molecule has 0 saturated carbocycles. The number of halogens is 2. The van der Waals surface area contributed by atoms with Gasteiger partial charge in [0.2, 0.25) is 0 Å². The molecule has 1 atom stereocenters. The van der Waals surface area contributed by atoms with E-state index in [0.717, 1.165) is 25.5 Å². The van der Waals surface area contributed by atoms with Crippen LogP contribution < -0.4 is 5.32 Å². The fourth-order valence-electron chi connectivity index (χ4n) is 1.80. The Labute approximate surface area is 95.9 Å². The van der Waals surface area contributed by atoms with Gasteiger partial charge in [-0.1, -0.05) is 13.8 Å². The Kier molecular flexibility index (Phi) is 5.39. The van der Waals surface area contributed by atoms with Crippen LogP contribution in [0.15, 0.2) is 18.2 Å². The van der Waals surface area contributed by atoms with E-state index >= 15 is 0 Å². The smallest absolute Gasteiger partial charge is 0.126 e. The molecule has 0 aliphatic carbocycles. The summed E-state index contributed by atoms with van der Waals surface area (Å²) in [4.78, 5) is 0. The van der Waals surface area contributed by atoms with Gasteiger partial charge in [-0.2, -0.15) is 0 Å². The topological polar surface area (TPSA) is 12.0 Å². The molecule has 0 aliphatic rings. The number of benzene rings is 1. The number of hydrogen-bond donors (Lipinski definition) is 1. The van der Waals surface area contributed by atoms with Crippen molar-refractivity contribution in [2.45, 2.75) is 39.2 Å². The number of nitrogens with one attached hydrogen (secondary N) is 1. The lowest BCUT2D eigenvalue weighted by Crippen LogP contribution is -2.28. The van der Waals surface area contributed by atoms with Crippen LogP contribution in [0.1, 0.15) is 32.3 Å². The standard InChI is InChI=1S/C13H19F2N/c1-3-12(16-4-2)7-5-10-9-11(14)6-8-13(10)15/h6,8-9,12,16H,3-5,7H2,1-2H3. The van der Waals surface area contributed by atoms with Crippen LogP contribution >= 0.6 is 0 Å². The maximum atomic E-state index is 13.3. The first kappa shape index (κ1) is 13.1. The van der Waals surface area contributed by atoms with Crippen LogP contribution in [0.3, 0.4) is 0 Å². The van der Waals surface area contributed by atoms with E-state index in [4.69, 9.17) is 0 Å². The quantitative estimate of drug-likeness (QED) is 0.786. The summed E-state index contributed by atoms with van der Waals surface area (Å²) in [5, 5.41) is 3.32. The van der Waals surface area contributed by atoms with Crippen molar-refractivity contribution in [3.8, 4) is 0 Å². The van der Waals surface area contributed by atoms with Crippen LogP contribution in [0.25, 0.3) is 0 Å². The maximum absolute atomic E-state index is 13.3. The van der Waals surface area contributed by atoms with E-state index in [1.165, 1.54) is 12.1 Å². The molecule has 1 rings (SSSR count). The summed E-state index contributed by atoms with van der Waals surface area (Å²) in [5.74, 6) is -0.680. The third-order valence-corrected chi connectivity index (χ3v) is 2.76. The Morgan fingerprint density at radius 2 is 2.00 bits per heavy atom. The van der Waals surface area contributed by atoms with Crippen LogP contribution in [0.5, 0.6) is 0 Å². The SMILES string of the molecule is CCNC(CC)CCc1cc(F)ccc1F. The average Bonchev–Trinajstić information content (AvgIpc) is 2.28. The molecule has 1 unspecified atom stereocenters. The first-order valence-corrected chi connectivity index (χ1v) is 5.84. The third kappa shape index (κ3) is 3.89. The number of aryl methyl sites for hydroxylation is 1. The van der Waals surface area contributed by atoms with Gasteiger partial charge in [0.05, 0.1) is 0 Å². The van der Waals surface area contributed by atoms with E-state index in [1.54, 1.807) is 0 Å². The molecule has 16 heavy (non-hydrogen) atoms. The molecular weight excluding hydrogens is 208 g/mol. The highest BCUT2D eigenvalue weighted by molar-refractivity contribution is 5.18. The Balaban J connectivity index is 2.55. The zero-order chi connectivity index (χ0) is 12.0. The second-order valence-electron chi connectivity index (χ2n) is 3.94. The van der Waals surface area contributed by atoms with E-state index in [0.29, 0.717) is 18.0 Å². The lowest BCUT2D eigenvalue weighted by molar-refractivity contribution is 0.474. The normalized spacial score (nSPS) is 12.8. The summed E-state index contributed by atoms with van der Waals surface area (Å²) in [6.45, 7) is 5.05. The largest absolute Gasteiger partial charge is 0.314 e. The fraction of sp³-hybridized carbons (Fsp3) is 0.538. The summed E-state index contributed by atoms with van der Waals surface area (Å²) >= 11 is 0. The Hall–Kier alpha value is -0.960. The molecule has 0 spiro atoms. The number of rotatable bonds is 6. The molecule has 1 N–H and O–H groups in total. The van der Waals surface area contributed by atoms with Crippen molar-refractivity contribution >= 4 is 0 Å². The van der Waals surface area contributed by atoms with Crippen molar-refractivity contribution in [2.75, 3.05) is 6.54 Å². The van der Waals surface area contributed by atoms with Gasteiger partial charge >= 0.3 is 0 Å². The van der Waals surface area contributed by atoms with Crippen molar-refractivity contribution in [3.63, 3.8) is 0 Å². The second-order valence-corrected chi connectivity index (χ2v) is 3.94. The van der Waals surface area contributed by atoms with E-state index in [-0.39, 0.29) is 11.6 Å². The van der Waals surface area contributed by atoms with Gasteiger partial charge in [0.15, 0.2) is 0 Å². The van der Waals surface area contributed by atoms with Crippen LogP contribution in [-0.4, -0.2) is 12.6 Å². The third-order valence-electron chi connectivity index (χ3n) is 2.76. The average molecular weight is 227 g/mol. The minimum absolute atomic E-state index is 0.312. The summed E-state index contributed by atoms with van der Waals surface area (Å²) in [5.41, 5.74) is 0.469. The summed E-state index contributed by atoms with van der Waals surface area (Å²) < 4.78 is 26.2. The molecular formula is C13H19F2N. The van der Waals surface area contributed by atoms with Gasteiger partial charge in [0.1, 0.15) is 11.6 Å². The van der Waals surface area contributed by atoms with Crippen LogP contribution in [0.2, 0.25) is 0 Å². The van der Waals surface area contributed by atoms with Gasteiger partial charge in [0.25, 0.3) is 0 Å².